The van der Waals surface area contributed by atoms with Crippen molar-refractivity contribution in [3.05, 3.63) is 55.2 Å². The molecule has 0 aliphatic heterocycles. The van der Waals surface area contributed by atoms with E-state index in [4.69, 9.17) is 23.2 Å². The smallest absolute Gasteiger partial charge is 0.0595 e. The van der Waals surface area contributed by atoms with Crippen molar-refractivity contribution in [2.45, 2.75) is 25.1 Å². The van der Waals surface area contributed by atoms with Gasteiger partial charge in [-0.3, -0.25) is 0 Å². The van der Waals surface area contributed by atoms with Crippen molar-refractivity contribution in [2.24, 2.45) is 0 Å². The molecule has 1 unspecified atom stereocenters. The molecule has 0 aliphatic carbocycles. The molecule has 0 fully saturated rings. The van der Waals surface area contributed by atoms with Crippen LogP contribution in [0.4, 0.5) is 0 Å². The summed E-state index contributed by atoms with van der Waals surface area (Å²) in [5.41, 5.74) is 2.55. The Morgan fingerprint density at radius 3 is 2.44 bits per heavy atom. The molecule has 0 N–H and O–H groups in total. The van der Waals surface area contributed by atoms with Crippen molar-refractivity contribution >= 4 is 50.5 Å². The van der Waals surface area contributed by atoms with E-state index in [1.54, 1.807) is 0 Å². The molecule has 1 aromatic carbocycles. The van der Waals surface area contributed by atoms with Crippen LogP contribution in [0.25, 0.3) is 0 Å². The summed E-state index contributed by atoms with van der Waals surface area (Å²) in [4.78, 5) is 3.04. The first-order valence-electron chi connectivity index (χ1n) is 5.62. The third-order valence-electron chi connectivity index (χ3n) is 2.82. The van der Waals surface area contributed by atoms with Gasteiger partial charge in [-0.15, -0.1) is 11.3 Å². The van der Waals surface area contributed by atoms with Gasteiger partial charge in [0.25, 0.3) is 0 Å². The van der Waals surface area contributed by atoms with Crippen LogP contribution in [0.15, 0.2) is 24.3 Å². The van der Waals surface area contributed by atoms with Crippen molar-refractivity contribution < 1.29 is 0 Å². The molecule has 0 nitrogen and oxygen atoms in total. The largest absolute Gasteiger partial charge is 0.146 e. The molecule has 96 valence electrons. The van der Waals surface area contributed by atoms with Gasteiger partial charge >= 0.3 is 0 Å². The van der Waals surface area contributed by atoms with Gasteiger partial charge in [0.2, 0.25) is 0 Å². The zero-order valence-electron chi connectivity index (χ0n) is 10.1. The third kappa shape index (κ3) is 3.30. The molecule has 0 bridgehead atoms. The average Bonchev–Trinajstić information content (AvgIpc) is 2.63. The number of hydrogen-bond donors (Lipinski definition) is 0. The molecule has 18 heavy (non-hydrogen) atoms. The summed E-state index contributed by atoms with van der Waals surface area (Å²) in [6.07, 6.45) is 0.911. The lowest BCUT2D eigenvalue weighted by molar-refractivity contribution is 0.946. The normalized spacial score (nSPS) is 12.7. The maximum Gasteiger partial charge on any atom is 0.0595 e. The van der Waals surface area contributed by atoms with E-state index in [2.05, 4.69) is 35.8 Å². The van der Waals surface area contributed by atoms with Gasteiger partial charge in [0.05, 0.1) is 10.0 Å². The second-order valence-corrected chi connectivity index (χ2v) is 7.67. The van der Waals surface area contributed by atoms with Gasteiger partial charge in [-0.2, -0.15) is 0 Å². The van der Waals surface area contributed by atoms with E-state index in [0.29, 0.717) is 14.9 Å². The molecule has 0 spiro atoms. The van der Waals surface area contributed by atoms with E-state index < -0.39 is 0 Å². The minimum absolute atomic E-state index is 0.319. The zero-order valence-corrected chi connectivity index (χ0v) is 14.1. The van der Waals surface area contributed by atoms with Crippen LogP contribution in [-0.2, 0) is 6.42 Å². The van der Waals surface area contributed by atoms with Crippen LogP contribution in [0.5, 0.6) is 0 Å². The Kier molecular flexibility index (Phi) is 4.76. The predicted octanol–water partition coefficient (Wildman–Crippen LogP) is 6.35. The van der Waals surface area contributed by atoms with E-state index in [0.717, 1.165) is 6.42 Å². The molecule has 2 rings (SSSR count). The van der Waals surface area contributed by atoms with Crippen LogP contribution >= 0.6 is 50.5 Å². The number of aryl methyl sites for hydroxylation is 2. The van der Waals surface area contributed by atoms with E-state index in [1.165, 1.54) is 20.9 Å². The highest BCUT2D eigenvalue weighted by atomic mass is 79.9. The van der Waals surface area contributed by atoms with E-state index in [9.17, 15) is 0 Å². The van der Waals surface area contributed by atoms with Gasteiger partial charge in [0.15, 0.2) is 0 Å². The van der Waals surface area contributed by atoms with E-state index in [1.807, 2.05) is 29.5 Å². The highest BCUT2D eigenvalue weighted by Gasteiger charge is 2.14. The number of alkyl halides is 1. The summed E-state index contributed by atoms with van der Waals surface area (Å²) in [6.45, 7) is 4.30. The van der Waals surface area contributed by atoms with Gasteiger partial charge < -0.3 is 0 Å². The second kappa shape index (κ2) is 5.96. The van der Waals surface area contributed by atoms with E-state index >= 15 is 0 Å². The summed E-state index contributed by atoms with van der Waals surface area (Å²) < 4.78 is 0. The second-order valence-electron chi connectivity index (χ2n) is 4.29. The Morgan fingerprint density at radius 2 is 1.89 bits per heavy atom. The molecule has 0 saturated carbocycles. The van der Waals surface area contributed by atoms with Crippen LogP contribution in [0.2, 0.25) is 10.0 Å². The quantitative estimate of drug-likeness (QED) is 0.557. The monoisotopic (exact) mass is 362 g/mol. The van der Waals surface area contributed by atoms with Crippen molar-refractivity contribution in [2.75, 3.05) is 0 Å². The Bertz CT molecular complexity index is 563. The maximum absolute atomic E-state index is 6.03. The van der Waals surface area contributed by atoms with Gasteiger partial charge in [0, 0.05) is 14.6 Å². The van der Waals surface area contributed by atoms with Gasteiger partial charge in [-0.05, 0) is 49.6 Å². The highest BCUT2D eigenvalue weighted by Crippen LogP contribution is 2.35. The number of rotatable bonds is 3. The third-order valence-corrected chi connectivity index (χ3v) is 5.35. The van der Waals surface area contributed by atoms with Crippen LogP contribution < -0.4 is 0 Å². The maximum atomic E-state index is 6.03. The molecule has 0 aliphatic rings. The Balaban J connectivity index is 2.18. The lowest BCUT2D eigenvalue weighted by atomic mass is 10.0. The van der Waals surface area contributed by atoms with Gasteiger partial charge in [-0.25, -0.2) is 0 Å². The minimum Gasteiger partial charge on any atom is -0.146 e. The van der Waals surface area contributed by atoms with Crippen LogP contribution in [-0.4, -0.2) is 0 Å². The first-order valence-corrected chi connectivity index (χ1v) is 8.11. The zero-order chi connectivity index (χ0) is 13.3. The van der Waals surface area contributed by atoms with Gasteiger partial charge in [-0.1, -0.05) is 45.2 Å². The highest BCUT2D eigenvalue weighted by molar-refractivity contribution is 9.09. The minimum atomic E-state index is 0.319. The molecular weight excluding hydrogens is 351 g/mol. The lowest BCUT2D eigenvalue weighted by Gasteiger charge is -2.10. The molecule has 0 saturated heterocycles. The lowest BCUT2D eigenvalue weighted by Crippen LogP contribution is -1.95. The molecule has 4 heteroatoms. The molecule has 2 aromatic rings. The molecular formula is C14H13BrCl2S. The van der Waals surface area contributed by atoms with Crippen molar-refractivity contribution in [3.8, 4) is 0 Å². The number of halogens is 3. The molecule has 0 radical (unpaired) electrons. The van der Waals surface area contributed by atoms with Crippen LogP contribution in [0, 0.1) is 13.8 Å². The van der Waals surface area contributed by atoms with E-state index in [-0.39, 0.29) is 0 Å². The Morgan fingerprint density at radius 1 is 1.17 bits per heavy atom. The van der Waals surface area contributed by atoms with Crippen molar-refractivity contribution in [1.82, 2.24) is 0 Å². The van der Waals surface area contributed by atoms with Gasteiger partial charge in [0.1, 0.15) is 0 Å². The summed E-state index contributed by atoms with van der Waals surface area (Å²) in [5.74, 6) is 0. The Hall–Kier alpha value is -0.0200. The SMILES string of the molecule is Cc1cc(C(Br)Cc2ccc(Cl)c(Cl)c2)c(C)s1. The summed E-state index contributed by atoms with van der Waals surface area (Å²) >= 11 is 17.6. The number of hydrogen-bond acceptors (Lipinski definition) is 1. The van der Waals surface area contributed by atoms with Crippen molar-refractivity contribution in [1.29, 1.82) is 0 Å². The topological polar surface area (TPSA) is 0 Å². The van der Waals surface area contributed by atoms with Crippen LogP contribution in [0.3, 0.4) is 0 Å². The summed E-state index contributed by atoms with van der Waals surface area (Å²) in [7, 11) is 0. The first kappa shape index (κ1) is 14.4. The fourth-order valence-electron chi connectivity index (χ4n) is 1.94. The van der Waals surface area contributed by atoms with Crippen LogP contribution in [0.1, 0.15) is 25.7 Å². The molecule has 1 aromatic heterocycles. The predicted molar refractivity (Wildman–Crippen MR) is 85.6 cm³/mol. The summed E-state index contributed by atoms with van der Waals surface area (Å²) in [5, 5.41) is 1.22. The molecule has 1 heterocycles. The molecule has 1 atom stereocenters. The molecule has 0 amide bonds. The number of benzene rings is 1. The average molecular weight is 364 g/mol. The fourth-order valence-corrected chi connectivity index (χ4v) is 4.25. The fraction of sp³-hybridized carbons (Fsp3) is 0.286. The standard InChI is InChI=1S/C14H13BrCl2S/c1-8-5-11(9(2)18-8)12(15)6-10-3-4-13(16)14(17)7-10/h3-5,7,12H,6H2,1-2H3. The first-order chi connectivity index (χ1) is 8.47. The van der Waals surface area contributed by atoms with Crippen molar-refractivity contribution in [3.63, 3.8) is 0 Å². The summed E-state index contributed by atoms with van der Waals surface area (Å²) in [6, 6.07) is 8.06. The Labute approximate surface area is 130 Å². The number of thiophene rings is 1.